The number of carbonyl (C=O) groups excluding carboxylic acids is 2. The second-order valence-electron chi connectivity index (χ2n) is 6.13. The topological polar surface area (TPSA) is 97.1 Å². The van der Waals surface area contributed by atoms with Crippen LogP contribution in [0.3, 0.4) is 0 Å². The summed E-state index contributed by atoms with van der Waals surface area (Å²) >= 11 is 7.17. The molecule has 8 heteroatoms. The number of hydrogen-bond acceptors (Lipinski definition) is 5. The molecule has 0 unspecified atom stereocenters. The SMILES string of the molecule is Nc1nc(C(=O)N[C@H]2CC[C@@H](NC(=O)Cc3cccc(Cl)c3)C2)cs1. The summed E-state index contributed by atoms with van der Waals surface area (Å²) in [5.41, 5.74) is 6.77. The molecule has 0 saturated heterocycles. The smallest absolute Gasteiger partial charge is 0.271 e. The molecule has 0 aliphatic heterocycles. The molecule has 0 bridgehead atoms. The number of nitrogens with zero attached hydrogens (tertiary/aromatic N) is 1. The van der Waals surface area contributed by atoms with Crippen LogP contribution in [-0.2, 0) is 11.2 Å². The molecule has 4 N–H and O–H groups in total. The summed E-state index contributed by atoms with van der Waals surface area (Å²) in [5, 5.41) is 8.62. The Hall–Kier alpha value is -2.12. The molecule has 2 atom stereocenters. The van der Waals surface area contributed by atoms with Crippen LogP contribution < -0.4 is 16.4 Å². The van der Waals surface area contributed by atoms with E-state index in [1.807, 2.05) is 12.1 Å². The van der Waals surface area contributed by atoms with E-state index in [1.165, 1.54) is 11.3 Å². The zero-order valence-corrected chi connectivity index (χ0v) is 15.1. The Kier molecular flexibility index (Phi) is 5.55. The molecule has 6 nitrogen and oxygen atoms in total. The maximum Gasteiger partial charge on any atom is 0.271 e. The highest BCUT2D eigenvalue weighted by atomic mass is 35.5. The molecule has 0 radical (unpaired) electrons. The van der Waals surface area contributed by atoms with E-state index >= 15 is 0 Å². The average molecular weight is 379 g/mol. The Labute approximate surface area is 154 Å². The van der Waals surface area contributed by atoms with Gasteiger partial charge in [-0.2, -0.15) is 0 Å². The molecule has 1 aromatic carbocycles. The Morgan fingerprint density at radius 1 is 1.28 bits per heavy atom. The van der Waals surface area contributed by atoms with Crippen LogP contribution in [0.25, 0.3) is 0 Å². The van der Waals surface area contributed by atoms with Crippen LogP contribution in [-0.4, -0.2) is 28.9 Å². The minimum absolute atomic E-state index is 0.0342. The number of thiazole rings is 1. The van der Waals surface area contributed by atoms with E-state index in [1.54, 1.807) is 17.5 Å². The normalized spacial score (nSPS) is 19.6. The molecular formula is C17H19ClN4O2S. The number of nitrogen functional groups attached to an aromatic ring is 1. The first-order valence-electron chi connectivity index (χ1n) is 8.05. The van der Waals surface area contributed by atoms with E-state index in [4.69, 9.17) is 17.3 Å². The lowest BCUT2D eigenvalue weighted by molar-refractivity contribution is -0.121. The van der Waals surface area contributed by atoms with E-state index in [-0.39, 0.29) is 23.9 Å². The van der Waals surface area contributed by atoms with Crippen molar-refractivity contribution in [3.8, 4) is 0 Å². The Balaban J connectivity index is 1.46. The standard InChI is InChI=1S/C17H19ClN4O2S/c18-11-3-1-2-10(6-11)7-15(23)20-12-4-5-13(8-12)21-16(24)14-9-25-17(19)22-14/h1-3,6,9,12-13H,4-5,7-8H2,(H2,19,22)(H,20,23)(H,21,24)/t12-,13+/m1/s1. The maximum atomic E-state index is 12.2. The number of anilines is 1. The van der Waals surface area contributed by atoms with Crippen LogP contribution in [0.4, 0.5) is 5.13 Å². The largest absolute Gasteiger partial charge is 0.375 e. The van der Waals surface area contributed by atoms with Gasteiger partial charge in [0.15, 0.2) is 5.13 Å². The highest BCUT2D eigenvalue weighted by Gasteiger charge is 2.27. The van der Waals surface area contributed by atoms with Crippen molar-refractivity contribution in [2.75, 3.05) is 5.73 Å². The fourth-order valence-electron chi connectivity index (χ4n) is 3.01. The summed E-state index contributed by atoms with van der Waals surface area (Å²) in [6.07, 6.45) is 2.68. The van der Waals surface area contributed by atoms with Gasteiger partial charge in [-0.05, 0) is 37.0 Å². The molecule has 0 spiro atoms. The lowest BCUT2D eigenvalue weighted by atomic mass is 10.1. The number of hydrogen-bond donors (Lipinski definition) is 3. The van der Waals surface area contributed by atoms with Gasteiger partial charge in [0.05, 0.1) is 6.42 Å². The minimum Gasteiger partial charge on any atom is -0.375 e. The molecule has 132 valence electrons. The van der Waals surface area contributed by atoms with Gasteiger partial charge in [0.25, 0.3) is 5.91 Å². The van der Waals surface area contributed by atoms with E-state index in [0.717, 1.165) is 18.4 Å². The zero-order valence-electron chi connectivity index (χ0n) is 13.5. The monoisotopic (exact) mass is 378 g/mol. The van der Waals surface area contributed by atoms with Gasteiger partial charge in [-0.1, -0.05) is 23.7 Å². The molecule has 1 aromatic heterocycles. The van der Waals surface area contributed by atoms with Crippen molar-refractivity contribution in [1.82, 2.24) is 15.6 Å². The van der Waals surface area contributed by atoms with Crippen molar-refractivity contribution < 1.29 is 9.59 Å². The van der Waals surface area contributed by atoms with Gasteiger partial charge in [0.2, 0.25) is 5.91 Å². The van der Waals surface area contributed by atoms with Crippen molar-refractivity contribution in [1.29, 1.82) is 0 Å². The van der Waals surface area contributed by atoms with Gasteiger partial charge in [-0.3, -0.25) is 9.59 Å². The molecule has 1 aliphatic rings. The lowest BCUT2D eigenvalue weighted by Crippen LogP contribution is -2.37. The fourth-order valence-corrected chi connectivity index (χ4v) is 3.76. The Morgan fingerprint density at radius 2 is 2.04 bits per heavy atom. The molecule has 1 aliphatic carbocycles. The Morgan fingerprint density at radius 3 is 2.72 bits per heavy atom. The zero-order chi connectivity index (χ0) is 17.8. The van der Waals surface area contributed by atoms with Crippen molar-refractivity contribution in [3.05, 3.63) is 45.9 Å². The van der Waals surface area contributed by atoms with Crippen molar-refractivity contribution >= 4 is 39.9 Å². The highest BCUT2D eigenvalue weighted by Crippen LogP contribution is 2.20. The molecule has 2 amide bonds. The molecule has 1 saturated carbocycles. The first-order chi connectivity index (χ1) is 12.0. The summed E-state index contributed by atoms with van der Waals surface area (Å²) in [6.45, 7) is 0. The summed E-state index contributed by atoms with van der Waals surface area (Å²) in [5.74, 6) is -0.254. The number of rotatable bonds is 5. The van der Waals surface area contributed by atoms with Gasteiger partial charge >= 0.3 is 0 Å². The fraction of sp³-hybridized carbons (Fsp3) is 0.353. The van der Waals surface area contributed by atoms with Gasteiger partial charge in [-0.15, -0.1) is 11.3 Å². The number of nitrogens with two attached hydrogens (primary N) is 1. The summed E-state index contributed by atoms with van der Waals surface area (Å²) in [7, 11) is 0. The van der Waals surface area contributed by atoms with Gasteiger partial charge in [0.1, 0.15) is 5.69 Å². The number of amides is 2. The number of aromatic nitrogens is 1. The first kappa shape index (κ1) is 17.7. The predicted molar refractivity (Wildman–Crippen MR) is 98.7 cm³/mol. The second kappa shape index (κ2) is 7.84. The van der Waals surface area contributed by atoms with E-state index in [0.29, 0.717) is 28.7 Å². The quantitative estimate of drug-likeness (QED) is 0.744. The number of benzene rings is 1. The van der Waals surface area contributed by atoms with Crippen molar-refractivity contribution in [2.24, 2.45) is 0 Å². The molecular weight excluding hydrogens is 360 g/mol. The van der Waals surface area contributed by atoms with E-state index in [2.05, 4.69) is 15.6 Å². The third kappa shape index (κ3) is 4.93. The summed E-state index contributed by atoms with van der Waals surface area (Å²) in [4.78, 5) is 28.2. The van der Waals surface area contributed by atoms with Gasteiger partial charge in [-0.25, -0.2) is 4.98 Å². The van der Waals surface area contributed by atoms with Gasteiger partial charge < -0.3 is 16.4 Å². The summed E-state index contributed by atoms with van der Waals surface area (Å²) < 4.78 is 0. The van der Waals surface area contributed by atoms with Crippen molar-refractivity contribution in [3.63, 3.8) is 0 Å². The third-order valence-electron chi connectivity index (χ3n) is 4.14. The average Bonchev–Trinajstić information content (AvgIpc) is 3.16. The van der Waals surface area contributed by atoms with Crippen LogP contribution in [0, 0.1) is 0 Å². The number of halogens is 1. The lowest BCUT2D eigenvalue weighted by Gasteiger charge is -2.14. The van der Waals surface area contributed by atoms with Crippen LogP contribution in [0.1, 0.15) is 35.3 Å². The van der Waals surface area contributed by atoms with Gasteiger partial charge in [0, 0.05) is 22.5 Å². The maximum absolute atomic E-state index is 12.2. The van der Waals surface area contributed by atoms with Crippen LogP contribution in [0.5, 0.6) is 0 Å². The summed E-state index contributed by atoms with van der Waals surface area (Å²) in [6, 6.07) is 7.38. The molecule has 1 heterocycles. The Bertz CT molecular complexity index is 780. The van der Waals surface area contributed by atoms with Crippen LogP contribution in [0.15, 0.2) is 29.6 Å². The van der Waals surface area contributed by atoms with Crippen molar-refractivity contribution in [2.45, 2.75) is 37.8 Å². The highest BCUT2D eigenvalue weighted by molar-refractivity contribution is 7.13. The number of nitrogens with one attached hydrogen (secondary N) is 2. The predicted octanol–water partition coefficient (Wildman–Crippen LogP) is 2.39. The molecule has 2 aromatic rings. The molecule has 3 rings (SSSR count). The number of carbonyl (C=O) groups is 2. The van der Waals surface area contributed by atoms with Crippen LogP contribution in [0.2, 0.25) is 5.02 Å². The third-order valence-corrected chi connectivity index (χ3v) is 5.05. The first-order valence-corrected chi connectivity index (χ1v) is 9.31. The van der Waals surface area contributed by atoms with Crippen LogP contribution >= 0.6 is 22.9 Å². The van der Waals surface area contributed by atoms with E-state index in [9.17, 15) is 9.59 Å². The molecule has 25 heavy (non-hydrogen) atoms. The minimum atomic E-state index is -0.219. The molecule has 1 fully saturated rings. The second-order valence-corrected chi connectivity index (χ2v) is 7.45. The van der Waals surface area contributed by atoms with E-state index < -0.39 is 0 Å².